The van der Waals surface area contributed by atoms with Crippen LogP contribution in [0, 0.1) is 0 Å². The zero-order valence-corrected chi connectivity index (χ0v) is 11.2. The number of esters is 1. The van der Waals surface area contributed by atoms with Gasteiger partial charge in [0.15, 0.2) is 0 Å². The van der Waals surface area contributed by atoms with Crippen LogP contribution in [-0.2, 0) is 9.53 Å². The van der Waals surface area contributed by atoms with Crippen molar-refractivity contribution in [3.8, 4) is 5.75 Å². The van der Waals surface area contributed by atoms with Crippen molar-refractivity contribution < 1.29 is 14.3 Å². The van der Waals surface area contributed by atoms with Crippen molar-refractivity contribution in [2.24, 2.45) is 0 Å². The van der Waals surface area contributed by atoms with E-state index in [-0.39, 0.29) is 12.0 Å². The molecule has 18 heavy (non-hydrogen) atoms. The molecule has 0 spiro atoms. The summed E-state index contributed by atoms with van der Waals surface area (Å²) in [7, 11) is 3.08. The molecule has 4 nitrogen and oxygen atoms in total. The number of methoxy groups -OCH3 is 2. The van der Waals surface area contributed by atoms with E-state index < -0.39 is 0 Å². The van der Waals surface area contributed by atoms with E-state index in [0.29, 0.717) is 6.42 Å². The monoisotopic (exact) mass is 251 g/mol. The van der Waals surface area contributed by atoms with Crippen molar-refractivity contribution >= 4 is 5.97 Å². The number of para-hydroxylation sites is 1. The van der Waals surface area contributed by atoms with Gasteiger partial charge < -0.3 is 14.8 Å². The van der Waals surface area contributed by atoms with Gasteiger partial charge in [0.1, 0.15) is 5.75 Å². The van der Waals surface area contributed by atoms with Crippen molar-refractivity contribution in [3.63, 3.8) is 0 Å². The predicted octanol–water partition coefficient (Wildman–Crippen LogP) is 2.30. The molecule has 0 amide bonds. The van der Waals surface area contributed by atoms with Gasteiger partial charge in [0.25, 0.3) is 0 Å². The number of hydrogen-bond acceptors (Lipinski definition) is 4. The summed E-state index contributed by atoms with van der Waals surface area (Å²) >= 11 is 0. The Morgan fingerprint density at radius 2 is 2.06 bits per heavy atom. The van der Waals surface area contributed by atoms with Crippen molar-refractivity contribution in [1.29, 1.82) is 0 Å². The van der Waals surface area contributed by atoms with Crippen LogP contribution in [0.5, 0.6) is 5.75 Å². The third-order valence-corrected chi connectivity index (χ3v) is 2.84. The van der Waals surface area contributed by atoms with Gasteiger partial charge in [0.05, 0.1) is 14.2 Å². The summed E-state index contributed by atoms with van der Waals surface area (Å²) in [6, 6.07) is 8.12. The molecule has 1 atom stereocenters. The molecule has 0 fully saturated rings. The number of rotatable bonds is 7. The second-order valence-electron chi connectivity index (χ2n) is 4.10. The molecule has 0 aliphatic carbocycles. The Morgan fingerprint density at radius 1 is 1.33 bits per heavy atom. The molecule has 0 saturated carbocycles. The molecule has 0 aromatic heterocycles. The van der Waals surface area contributed by atoms with Gasteiger partial charge in [-0.25, -0.2) is 0 Å². The van der Waals surface area contributed by atoms with Crippen molar-refractivity contribution in [2.75, 3.05) is 20.8 Å². The highest BCUT2D eigenvalue weighted by atomic mass is 16.5. The molecule has 0 bridgehead atoms. The quantitative estimate of drug-likeness (QED) is 0.596. The minimum Gasteiger partial charge on any atom is -0.496 e. The third-order valence-electron chi connectivity index (χ3n) is 2.84. The molecule has 0 aliphatic rings. The summed E-state index contributed by atoms with van der Waals surface area (Å²) in [6.45, 7) is 2.85. The van der Waals surface area contributed by atoms with Gasteiger partial charge >= 0.3 is 5.97 Å². The van der Waals surface area contributed by atoms with Crippen LogP contribution in [0.4, 0.5) is 0 Å². The lowest BCUT2D eigenvalue weighted by atomic mass is 10.1. The summed E-state index contributed by atoms with van der Waals surface area (Å²) < 4.78 is 9.91. The predicted molar refractivity (Wildman–Crippen MR) is 70.7 cm³/mol. The van der Waals surface area contributed by atoms with Crippen LogP contribution in [0.2, 0.25) is 0 Å². The van der Waals surface area contributed by atoms with Crippen LogP contribution < -0.4 is 10.1 Å². The number of benzene rings is 1. The summed E-state index contributed by atoms with van der Waals surface area (Å²) in [6.07, 6.45) is 1.22. The zero-order chi connectivity index (χ0) is 13.4. The Bertz CT molecular complexity index is 379. The molecule has 100 valence electrons. The first-order valence-corrected chi connectivity index (χ1v) is 6.12. The van der Waals surface area contributed by atoms with Gasteiger partial charge in [-0.1, -0.05) is 18.2 Å². The summed E-state index contributed by atoms with van der Waals surface area (Å²) in [5.41, 5.74) is 1.12. The molecule has 0 heterocycles. The fourth-order valence-electron chi connectivity index (χ4n) is 1.79. The normalized spacial score (nSPS) is 11.9. The second kappa shape index (κ2) is 7.71. The van der Waals surface area contributed by atoms with Crippen molar-refractivity contribution in [3.05, 3.63) is 29.8 Å². The number of hydrogen-bond donors (Lipinski definition) is 1. The fourth-order valence-corrected chi connectivity index (χ4v) is 1.79. The van der Waals surface area contributed by atoms with Crippen LogP contribution >= 0.6 is 0 Å². The van der Waals surface area contributed by atoms with Gasteiger partial charge in [-0.3, -0.25) is 4.79 Å². The molecule has 1 aromatic rings. The Balaban J connectivity index is 2.40. The van der Waals surface area contributed by atoms with E-state index >= 15 is 0 Å². The van der Waals surface area contributed by atoms with Gasteiger partial charge in [-0.2, -0.15) is 0 Å². The van der Waals surface area contributed by atoms with Gasteiger partial charge in [-0.05, 0) is 26.0 Å². The highest BCUT2D eigenvalue weighted by Crippen LogP contribution is 2.24. The van der Waals surface area contributed by atoms with Crippen LogP contribution in [0.1, 0.15) is 31.4 Å². The number of carbonyl (C=O) groups excluding carboxylic acids is 1. The first-order chi connectivity index (χ1) is 8.69. The van der Waals surface area contributed by atoms with Gasteiger partial charge in [0, 0.05) is 18.0 Å². The number of carbonyl (C=O) groups is 1. The van der Waals surface area contributed by atoms with Crippen LogP contribution in [0.15, 0.2) is 24.3 Å². The van der Waals surface area contributed by atoms with E-state index in [1.807, 2.05) is 24.3 Å². The number of nitrogens with one attached hydrogen (secondary N) is 1. The minimum atomic E-state index is -0.165. The third kappa shape index (κ3) is 4.37. The molecule has 0 saturated heterocycles. The summed E-state index contributed by atoms with van der Waals surface area (Å²) in [4.78, 5) is 11.0. The van der Waals surface area contributed by atoms with E-state index in [1.165, 1.54) is 7.11 Å². The Kier molecular flexibility index (Phi) is 6.22. The van der Waals surface area contributed by atoms with E-state index in [0.717, 1.165) is 24.3 Å². The molecular formula is C14H21NO3. The van der Waals surface area contributed by atoms with Crippen LogP contribution in [-0.4, -0.2) is 26.7 Å². The van der Waals surface area contributed by atoms with Crippen LogP contribution in [0.25, 0.3) is 0 Å². The Hall–Kier alpha value is -1.55. The largest absolute Gasteiger partial charge is 0.496 e. The first kappa shape index (κ1) is 14.5. The molecule has 1 rings (SSSR count). The molecule has 1 unspecified atom stereocenters. The molecule has 4 heteroatoms. The molecule has 1 N–H and O–H groups in total. The van der Waals surface area contributed by atoms with E-state index in [4.69, 9.17) is 4.74 Å². The lowest BCUT2D eigenvalue weighted by Crippen LogP contribution is -2.21. The van der Waals surface area contributed by atoms with Crippen molar-refractivity contribution in [2.45, 2.75) is 25.8 Å². The maximum Gasteiger partial charge on any atom is 0.305 e. The average molecular weight is 251 g/mol. The van der Waals surface area contributed by atoms with Gasteiger partial charge in [0.2, 0.25) is 0 Å². The Labute approximate surface area is 108 Å². The summed E-state index contributed by atoms with van der Waals surface area (Å²) in [5, 5.41) is 3.37. The number of ether oxygens (including phenoxy) is 2. The smallest absolute Gasteiger partial charge is 0.305 e. The zero-order valence-electron chi connectivity index (χ0n) is 11.2. The molecular weight excluding hydrogens is 230 g/mol. The average Bonchev–Trinajstić information content (AvgIpc) is 2.42. The maximum absolute atomic E-state index is 11.0. The van der Waals surface area contributed by atoms with Crippen molar-refractivity contribution in [1.82, 2.24) is 5.32 Å². The minimum absolute atomic E-state index is 0.165. The van der Waals surface area contributed by atoms with E-state index in [2.05, 4.69) is 17.0 Å². The van der Waals surface area contributed by atoms with Gasteiger partial charge in [-0.15, -0.1) is 0 Å². The molecule has 1 aromatic carbocycles. The lowest BCUT2D eigenvalue weighted by Gasteiger charge is -2.17. The first-order valence-electron chi connectivity index (χ1n) is 6.12. The molecule has 0 radical (unpaired) electrons. The highest BCUT2D eigenvalue weighted by molar-refractivity contribution is 5.69. The second-order valence-corrected chi connectivity index (χ2v) is 4.10. The lowest BCUT2D eigenvalue weighted by molar-refractivity contribution is -0.140. The highest BCUT2D eigenvalue weighted by Gasteiger charge is 2.09. The maximum atomic E-state index is 11.0. The SMILES string of the molecule is COC(=O)CCCNC(C)c1ccccc1OC. The fraction of sp³-hybridized carbons (Fsp3) is 0.500. The van der Waals surface area contributed by atoms with E-state index in [1.54, 1.807) is 7.11 Å². The standard InChI is InChI=1S/C14H21NO3/c1-11(15-10-6-9-14(16)18-3)12-7-4-5-8-13(12)17-2/h4-5,7-8,11,15H,6,9-10H2,1-3H3. The van der Waals surface area contributed by atoms with E-state index in [9.17, 15) is 4.79 Å². The van der Waals surface area contributed by atoms with Crippen LogP contribution in [0.3, 0.4) is 0 Å². The summed E-state index contributed by atoms with van der Waals surface area (Å²) in [5.74, 6) is 0.715. The topological polar surface area (TPSA) is 47.6 Å². The Morgan fingerprint density at radius 3 is 2.72 bits per heavy atom. The molecule has 0 aliphatic heterocycles.